The molecule has 112 valence electrons. The molecule has 0 radical (unpaired) electrons. The van der Waals surface area contributed by atoms with Gasteiger partial charge in [-0.1, -0.05) is 6.92 Å². The monoisotopic (exact) mass is 288 g/mol. The first-order valence-corrected chi connectivity index (χ1v) is 6.89. The van der Waals surface area contributed by atoms with Gasteiger partial charge in [0.15, 0.2) is 0 Å². The highest BCUT2D eigenvalue weighted by Crippen LogP contribution is 2.20. The number of pyridine rings is 1. The Kier molecular flexibility index (Phi) is 4.26. The van der Waals surface area contributed by atoms with Gasteiger partial charge in [-0.3, -0.25) is 4.68 Å². The molecule has 0 bridgehead atoms. The van der Waals surface area contributed by atoms with Gasteiger partial charge in [0.05, 0.1) is 5.69 Å². The lowest BCUT2D eigenvalue weighted by molar-refractivity contribution is 0.0697. The molecule has 0 atom stereocenters. The fraction of sp³-hybridized carbons (Fsp3) is 0.400. The van der Waals surface area contributed by atoms with Crippen LogP contribution in [0.3, 0.4) is 0 Å². The average molecular weight is 288 g/mol. The van der Waals surface area contributed by atoms with Crippen LogP contribution in [0.15, 0.2) is 12.3 Å². The molecule has 0 aromatic carbocycles. The second-order valence-corrected chi connectivity index (χ2v) is 5.09. The number of carboxylic acids is 1. The molecule has 0 amide bonds. The van der Waals surface area contributed by atoms with Crippen molar-refractivity contribution in [2.45, 2.75) is 33.7 Å². The summed E-state index contributed by atoms with van der Waals surface area (Å²) >= 11 is 0. The van der Waals surface area contributed by atoms with E-state index in [1.807, 2.05) is 27.1 Å². The van der Waals surface area contributed by atoms with Crippen molar-refractivity contribution in [1.29, 1.82) is 0 Å². The Morgan fingerprint density at radius 3 is 2.76 bits per heavy atom. The third-order valence-corrected chi connectivity index (χ3v) is 3.33. The van der Waals surface area contributed by atoms with Crippen LogP contribution in [0.1, 0.15) is 39.8 Å². The summed E-state index contributed by atoms with van der Waals surface area (Å²) < 4.78 is 1.77. The predicted molar refractivity (Wildman–Crippen MR) is 80.6 cm³/mol. The first-order valence-electron chi connectivity index (χ1n) is 6.89. The van der Waals surface area contributed by atoms with Crippen LogP contribution in [0.5, 0.6) is 0 Å². The van der Waals surface area contributed by atoms with Crippen molar-refractivity contribution in [1.82, 2.24) is 14.8 Å². The van der Waals surface area contributed by atoms with Gasteiger partial charge in [0.1, 0.15) is 11.4 Å². The van der Waals surface area contributed by atoms with Crippen LogP contribution in [-0.4, -0.2) is 25.8 Å². The third kappa shape index (κ3) is 3.21. The van der Waals surface area contributed by atoms with Crippen molar-refractivity contribution in [3.05, 3.63) is 40.3 Å². The minimum Gasteiger partial charge on any atom is -0.478 e. The predicted octanol–water partition coefficient (Wildman–Crippen LogP) is 2.30. The molecular formula is C15H20N4O2. The first-order chi connectivity index (χ1) is 9.92. The standard InChI is InChI=1S/C15H20N4O2/c1-5-12-11(8-19(4)18-12)7-16-14-13(15(20)21)9(2)6-10(3)17-14/h6,8H,5,7H2,1-4H3,(H,16,17)(H,20,21). The number of anilines is 1. The number of aromatic carboxylic acids is 1. The fourth-order valence-electron chi connectivity index (χ4n) is 2.44. The number of rotatable bonds is 5. The van der Waals surface area contributed by atoms with Crippen LogP contribution in [0, 0.1) is 13.8 Å². The van der Waals surface area contributed by atoms with Crippen molar-refractivity contribution >= 4 is 11.8 Å². The third-order valence-electron chi connectivity index (χ3n) is 3.33. The van der Waals surface area contributed by atoms with Gasteiger partial charge in [0, 0.05) is 31.0 Å². The Hall–Kier alpha value is -2.37. The quantitative estimate of drug-likeness (QED) is 0.882. The SMILES string of the molecule is CCc1nn(C)cc1CNc1nc(C)cc(C)c1C(=O)O. The summed E-state index contributed by atoms with van der Waals surface area (Å²) in [4.78, 5) is 15.7. The highest BCUT2D eigenvalue weighted by molar-refractivity contribution is 5.94. The summed E-state index contributed by atoms with van der Waals surface area (Å²) in [5.41, 5.74) is 3.78. The van der Waals surface area contributed by atoms with Crippen molar-refractivity contribution < 1.29 is 9.90 Å². The van der Waals surface area contributed by atoms with Crippen LogP contribution in [-0.2, 0) is 20.0 Å². The molecule has 21 heavy (non-hydrogen) atoms. The van der Waals surface area contributed by atoms with Gasteiger partial charge in [0.25, 0.3) is 0 Å². The number of hydrogen-bond donors (Lipinski definition) is 2. The maximum atomic E-state index is 11.4. The summed E-state index contributed by atoms with van der Waals surface area (Å²) in [6.07, 6.45) is 2.78. The van der Waals surface area contributed by atoms with Gasteiger partial charge in [-0.05, 0) is 31.9 Å². The van der Waals surface area contributed by atoms with Crippen molar-refractivity contribution in [2.24, 2.45) is 7.05 Å². The average Bonchev–Trinajstić information content (AvgIpc) is 2.75. The van der Waals surface area contributed by atoms with E-state index in [4.69, 9.17) is 0 Å². The van der Waals surface area contributed by atoms with Crippen molar-refractivity contribution in [2.75, 3.05) is 5.32 Å². The molecule has 2 rings (SSSR count). The van der Waals surface area contributed by atoms with E-state index in [1.54, 1.807) is 17.7 Å². The molecule has 0 saturated heterocycles. The van der Waals surface area contributed by atoms with E-state index in [9.17, 15) is 9.90 Å². The van der Waals surface area contributed by atoms with Gasteiger partial charge in [-0.15, -0.1) is 0 Å². The van der Waals surface area contributed by atoms with E-state index in [1.165, 1.54) is 0 Å². The molecule has 0 spiro atoms. The maximum absolute atomic E-state index is 11.4. The van der Waals surface area contributed by atoms with E-state index in [-0.39, 0.29) is 5.56 Å². The number of aromatic nitrogens is 3. The lowest BCUT2D eigenvalue weighted by Crippen LogP contribution is -2.11. The number of carbonyl (C=O) groups is 1. The molecular weight excluding hydrogens is 268 g/mol. The Balaban J connectivity index is 2.29. The number of nitrogens with zero attached hydrogens (tertiary/aromatic N) is 3. The molecule has 2 aromatic heterocycles. The van der Waals surface area contributed by atoms with E-state index in [0.717, 1.165) is 23.4 Å². The minimum absolute atomic E-state index is 0.225. The van der Waals surface area contributed by atoms with Crippen LogP contribution >= 0.6 is 0 Å². The minimum atomic E-state index is -0.968. The molecule has 2 heterocycles. The first kappa shape index (κ1) is 15.0. The highest BCUT2D eigenvalue weighted by Gasteiger charge is 2.16. The summed E-state index contributed by atoms with van der Waals surface area (Å²) in [6.45, 7) is 6.19. The van der Waals surface area contributed by atoms with E-state index in [2.05, 4.69) is 15.4 Å². The Bertz CT molecular complexity index is 677. The van der Waals surface area contributed by atoms with Crippen LogP contribution < -0.4 is 5.32 Å². The molecule has 0 aliphatic rings. The molecule has 0 fully saturated rings. The topological polar surface area (TPSA) is 80.0 Å². The summed E-state index contributed by atoms with van der Waals surface area (Å²) in [7, 11) is 1.88. The molecule has 0 aliphatic carbocycles. The fourth-order valence-corrected chi connectivity index (χ4v) is 2.44. The maximum Gasteiger partial charge on any atom is 0.339 e. The van der Waals surface area contributed by atoms with E-state index >= 15 is 0 Å². The summed E-state index contributed by atoms with van der Waals surface area (Å²) in [6, 6.07) is 1.77. The zero-order valence-corrected chi connectivity index (χ0v) is 12.8. The van der Waals surface area contributed by atoms with Crippen molar-refractivity contribution in [3.8, 4) is 0 Å². The Morgan fingerprint density at radius 1 is 1.43 bits per heavy atom. The normalized spacial score (nSPS) is 10.7. The second kappa shape index (κ2) is 5.95. The number of hydrogen-bond acceptors (Lipinski definition) is 4. The van der Waals surface area contributed by atoms with Gasteiger partial charge in [0.2, 0.25) is 0 Å². The lowest BCUT2D eigenvalue weighted by Gasteiger charge is -2.11. The van der Waals surface area contributed by atoms with Crippen LogP contribution in [0.4, 0.5) is 5.82 Å². The number of aryl methyl sites for hydroxylation is 4. The highest BCUT2D eigenvalue weighted by atomic mass is 16.4. The summed E-state index contributed by atoms with van der Waals surface area (Å²) in [5, 5.41) is 16.9. The van der Waals surface area contributed by atoms with Gasteiger partial charge in [-0.2, -0.15) is 5.10 Å². The summed E-state index contributed by atoms with van der Waals surface area (Å²) in [5.74, 6) is -0.560. The van der Waals surface area contributed by atoms with Crippen molar-refractivity contribution in [3.63, 3.8) is 0 Å². The molecule has 0 aliphatic heterocycles. The van der Waals surface area contributed by atoms with Gasteiger partial charge >= 0.3 is 5.97 Å². The smallest absolute Gasteiger partial charge is 0.339 e. The van der Waals surface area contributed by atoms with E-state index in [0.29, 0.717) is 17.9 Å². The zero-order valence-electron chi connectivity index (χ0n) is 12.8. The van der Waals surface area contributed by atoms with E-state index < -0.39 is 5.97 Å². The van der Waals surface area contributed by atoms with Gasteiger partial charge in [-0.25, -0.2) is 9.78 Å². The molecule has 2 N–H and O–H groups in total. The Labute approximate surface area is 123 Å². The van der Waals surface area contributed by atoms with Gasteiger partial charge < -0.3 is 10.4 Å². The zero-order chi connectivity index (χ0) is 15.6. The lowest BCUT2D eigenvalue weighted by atomic mass is 10.1. The molecule has 2 aromatic rings. The Morgan fingerprint density at radius 2 is 2.14 bits per heavy atom. The largest absolute Gasteiger partial charge is 0.478 e. The number of nitrogens with one attached hydrogen (secondary N) is 1. The second-order valence-electron chi connectivity index (χ2n) is 5.09. The van der Waals surface area contributed by atoms with Crippen LogP contribution in [0.2, 0.25) is 0 Å². The number of carboxylic acid groups (broad SMARTS) is 1. The molecule has 6 heteroatoms. The molecule has 6 nitrogen and oxygen atoms in total. The molecule has 0 saturated carbocycles. The molecule has 0 unspecified atom stereocenters. The van der Waals surface area contributed by atoms with Crippen LogP contribution in [0.25, 0.3) is 0 Å².